The van der Waals surface area contributed by atoms with Gasteiger partial charge in [-0.2, -0.15) is 4.57 Å². The van der Waals surface area contributed by atoms with E-state index in [0.29, 0.717) is 4.77 Å². The lowest BCUT2D eigenvalue weighted by Crippen LogP contribution is -2.33. The Hall–Kier alpha value is -2.53. The number of ether oxygens (including phenoxy) is 1. The van der Waals surface area contributed by atoms with Gasteiger partial charge in [0.05, 0.1) is 12.7 Å². The Labute approximate surface area is 134 Å². The summed E-state index contributed by atoms with van der Waals surface area (Å²) in [6, 6.07) is 15.8. The zero-order chi connectivity index (χ0) is 15.5. The van der Waals surface area contributed by atoms with E-state index in [4.69, 9.17) is 17.0 Å². The first-order valence-electron chi connectivity index (χ1n) is 6.90. The average Bonchev–Trinajstić information content (AvgIpc) is 2.56. The Morgan fingerprint density at radius 1 is 1.05 bits per heavy atom. The number of nitrogens with one attached hydrogen (secondary N) is 1. The highest BCUT2D eigenvalue weighted by atomic mass is 32.1. The van der Waals surface area contributed by atoms with E-state index in [1.807, 2.05) is 41.0 Å². The average molecular weight is 310 g/mol. The molecule has 0 aliphatic carbocycles. The van der Waals surface area contributed by atoms with Gasteiger partial charge in [-0.05, 0) is 55.5 Å². The van der Waals surface area contributed by atoms with Gasteiger partial charge in [0.2, 0.25) is 6.33 Å². The van der Waals surface area contributed by atoms with Crippen molar-refractivity contribution in [3.8, 4) is 22.8 Å². The maximum Gasteiger partial charge on any atom is 0.302 e. The van der Waals surface area contributed by atoms with Crippen molar-refractivity contribution < 1.29 is 9.30 Å². The van der Waals surface area contributed by atoms with Crippen LogP contribution in [0.15, 0.2) is 54.9 Å². The van der Waals surface area contributed by atoms with Crippen molar-refractivity contribution in [3.63, 3.8) is 0 Å². The van der Waals surface area contributed by atoms with Crippen LogP contribution in [0.2, 0.25) is 0 Å². The minimum atomic E-state index is 0.602. The van der Waals surface area contributed by atoms with E-state index in [0.717, 1.165) is 22.8 Å². The molecule has 5 heteroatoms. The fourth-order valence-electron chi connectivity index (χ4n) is 2.15. The van der Waals surface area contributed by atoms with Crippen molar-refractivity contribution in [3.05, 3.63) is 65.2 Å². The van der Waals surface area contributed by atoms with Crippen molar-refractivity contribution in [2.75, 3.05) is 7.11 Å². The number of hydrogen-bond acceptors (Lipinski definition) is 3. The van der Waals surface area contributed by atoms with Crippen LogP contribution in [0.25, 0.3) is 17.1 Å². The molecule has 1 N–H and O–H groups in total. The molecule has 0 saturated heterocycles. The van der Waals surface area contributed by atoms with E-state index in [1.165, 1.54) is 5.56 Å². The molecule has 0 amide bonds. The molecular formula is C17H16N3OS+. The van der Waals surface area contributed by atoms with Crippen molar-refractivity contribution >= 4 is 12.2 Å². The number of benzene rings is 2. The van der Waals surface area contributed by atoms with E-state index < -0.39 is 0 Å². The lowest BCUT2D eigenvalue weighted by atomic mass is 10.2. The molecule has 3 rings (SSSR count). The summed E-state index contributed by atoms with van der Waals surface area (Å²) in [5, 5.41) is 0. The molecule has 2 aromatic carbocycles. The molecule has 22 heavy (non-hydrogen) atoms. The number of nitrogens with zero attached hydrogens (tertiary/aromatic N) is 2. The molecule has 0 spiro atoms. The van der Waals surface area contributed by atoms with Gasteiger partial charge in [0.25, 0.3) is 5.82 Å². The van der Waals surface area contributed by atoms with E-state index in [-0.39, 0.29) is 0 Å². The molecule has 110 valence electrons. The number of aryl methyl sites for hydroxylation is 1. The number of aromatic amines is 1. The van der Waals surface area contributed by atoms with Gasteiger partial charge in [0, 0.05) is 0 Å². The van der Waals surface area contributed by atoms with Gasteiger partial charge in [-0.25, -0.2) is 4.98 Å². The number of H-pyrrole nitrogens is 1. The first kappa shape index (κ1) is 14.4. The minimum Gasteiger partial charge on any atom is -0.497 e. The van der Waals surface area contributed by atoms with Crippen molar-refractivity contribution in [1.29, 1.82) is 0 Å². The van der Waals surface area contributed by atoms with Crippen LogP contribution in [-0.2, 0) is 0 Å². The summed E-state index contributed by atoms with van der Waals surface area (Å²) in [5.41, 5.74) is 3.16. The standard InChI is InChI=1S/C17H15N3OS/c1-12-3-7-14(8-4-12)20-11-18-16(19-17(20)22)13-5-9-15(21-2)10-6-13/h3-11H,1-2H3/p+1. The molecule has 0 unspecified atom stereocenters. The number of methoxy groups -OCH3 is 1. The van der Waals surface area contributed by atoms with Crippen LogP contribution in [0.5, 0.6) is 5.75 Å². The largest absolute Gasteiger partial charge is 0.497 e. The molecule has 4 nitrogen and oxygen atoms in total. The van der Waals surface area contributed by atoms with Crippen molar-refractivity contribution in [2.45, 2.75) is 6.92 Å². The normalized spacial score (nSPS) is 10.5. The Morgan fingerprint density at radius 3 is 2.32 bits per heavy atom. The van der Waals surface area contributed by atoms with Crippen LogP contribution < -0.4 is 9.30 Å². The number of hydrogen-bond donors (Lipinski definition) is 1. The second kappa shape index (κ2) is 6.07. The molecular weight excluding hydrogens is 294 g/mol. The third-order valence-electron chi connectivity index (χ3n) is 3.42. The summed E-state index contributed by atoms with van der Waals surface area (Å²) >= 11 is 5.45. The second-order valence-corrected chi connectivity index (χ2v) is 5.34. The zero-order valence-electron chi connectivity index (χ0n) is 12.4. The van der Waals surface area contributed by atoms with Crippen molar-refractivity contribution in [2.24, 2.45) is 0 Å². The molecule has 1 aromatic heterocycles. The van der Waals surface area contributed by atoms with Crippen LogP contribution in [0, 0.1) is 11.7 Å². The van der Waals surface area contributed by atoms with Crippen LogP contribution in [0.1, 0.15) is 5.56 Å². The zero-order valence-corrected chi connectivity index (χ0v) is 13.2. The molecule has 0 aliphatic rings. The first-order valence-corrected chi connectivity index (χ1v) is 7.30. The summed E-state index contributed by atoms with van der Waals surface area (Å²) in [6.07, 6.45) is 1.74. The van der Waals surface area contributed by atoms with E-state index in [1.54, 1.807) is 13.4 Å². The SMILES string of the molecule is COc1ccc(-c2nc[n+](-c3ccc(C)cc3)c(=S)[nH]2)cc1. The molecule has 0 saturated carbocycles. The summed E-state index contributed by atoms with van der Waals surface area (Å²) in [6.45, 7) is 2.06. The summed E-state index contributed by atoms with van der Waals surface area (Å²) in [4.78, 5) is 7.63. The lowest BCUT2D eigenvalue weighted by Gasteiger charge is -2.02. The molecule has 0 fully saturated rings. The maximum absolute atomic E-state index is 5.45. The predicted molar refractivity (Wildman–Crippen MR) is 87.7 cm³/mol. The number of aromatic nitrogens is 3. The highest BCUT2D eigenvalue weighted by molar-refractivity contribution is 7.71. The Morgan fingerprint density at radius 2 is 1.73 bits per heavy atom. The smallest absolute Gasteiger partial charge is 0.302 e. The third-order valence-corrected chi connectivity index (χ3v) is 3.72. The van der Waals surface area contributed by atoms with Gasteiger partial charge in [-0.15, -0.1) is 0 Å². The minimum absolute atomic E-state index is 0.602. The van der Waals surface area contributed by atoms with Crippen LogP contribution in [0.3, 0.4) is 0 Å². The van der Waals surface area contributed by atoms with Gasteiger partial charge in [0.15, 0.2) is 0 Å². The first-order chi connectivity index (χ1) is 10.7. The molecule has 0 radical (unpaired) electrons. The van der Waals surface area contributed by atoms with E-state index >= 15 is 0 Å². The summed E-state index contributed by atoms with van der Waals surface area (Å²) in [5.74, 6) is 1.55. The van der Waals surface area contributed by atoms with Gasteiger partial charge in [-0.3, -0.25) is 0 Å². The fraction of sp³-hybridized carbons (Fsp3) is 0.118. The quantitative estimate of drug-likeness (QED) is 0.595. The molecule has 1 heterocycles. The highest BCUT2D eigenvalue weighted by Crippen LogP contribution is 2.18. The van der Waals surface area contributed by atoms with Gasteiger partial charge < -0.3 is 4.74 Å². The molecule has 0 atom stereocenters. The Balaban J connectivity index is 1.98. The Bertz CT molecular complexity index is 839. The summed E-state index contributed by atoms with van der Waals surface area (Å²) < 4.78 is 7.61. The van der Waals surface area contributed by atoms with Crippen LogP contribution in [-0.4, -0.2) is 17.1 Å². The molecule has 0 aliphatic heterocycles. The third kappa shape index (κ3) is 2.89. The van der Waals surface area contributed by atoms with Crippen LogP contribution >= 0.6 is 12.2 Å². The number of rotatable bonds is 3. The van der Waals surface area contributed by atoms with Gasteiger partial charge in [-0.1, -0.05) is 22.7 Å². The monoisotopic (exact) mass is 310 g/mol. The molecule has 3 aromatic rings. The topological polar surface area (TPSA) is 41.8 Å². The fourth-order valence-corrected chi connectivity index (χ4v) is 2.40. The van der Waals surface area contributed by atoms with Crippen LogP contribution in [0.4, 0.5) is 0 Å². The van der Waals surface area contributed by atoms with E-state index in [2.05, 4.69) is 29.0 Å². The van der Waals surface area contributed by atoms with E-state index in [9.17, 15) is 0 Å². The summed E-state index contributed by atoms with van der Waals surface area (Å²) in [7, 11) is 1.65. The Kier molecular flexibility index (Phi) is 3.98. The van der Waals surface area contributed by atoms with Gasteiger partial charge >= 0.3 is 4.77 Å². The van der Waals surface area contributed by atoms with Crippen molar-refractivity contribution in [1.82, 2.24) is 9.97 Å². The molecule has 0 bridgehead atoms. The second-order valence-electron chi connectivity index (χ2n) is 4.96. The lowest BCUT2D eigenvalue weighted by molar-refractivity contribution is -0.609. The maximum atomic E-state index is 5.45. The predicted octanol–water partition coefficient (Wildman–Crippen LogP) is 3.40. The highest BCUT2D eigenvalue weighted by Gasteiger charge is 2.10. The van der Waals surface area contributed by atoms with Gasteiger partial charge in [0.1, 0.15) is 11.4 Å².